The molecule has 2 aromatic carbocycles. The van der Waals surface area contributed by atoms with Crippen molar-refractivity contribution in [2.45, 2.75) is 48.4 Å². The molecule has 0 aromatic heterocycles. The molecule has 0 saturated heterocycles. The average molecular weight is 394 g/mol. The summed E-state index contributed by atoms with van der Waals surface area (Å²) in [5.41, 5.74) is 3.59. The first-order valence-electron chi connectivity index (χ1n) is 8.61. The highest BCUT2D eigenvalue weighted by Crippen LogP contribution is 2.25. The Bertz CT molecular complexity index is 1010. The molecule has 0 radical (unpaired) electrons. The number of sulfonamides is 1. The topological polar surface area (TPSA) is 80.3 Å². The van der Waals surface area contributed by atoms with Crippen molar-refractivity contribution in [2.75, 3.05) is 6.26 Å². The van der Waals surface area contributed by atoms with E-state index < -0.39 is 19.9 Å². The van der Waals surface area contributed by atoms with Crippen molar-refractivity contribution in [3.8, 4) is 0 Å². The van der Waals surface area contributed by atoms with E-state index >= 15 is 0 Å². The Balaban J connectivity index is 1.80. The Morgan fingerprint density at radius 2 is 1.42 bits per heavy atom. The molecule has 0 aliphatic heterocycles. The quantitative estimate of drug-likeness (QED) is 0.847. The molecule has 0 saturated carbocycles. The summed E-state index contributed by atoms with van der Waals surface area (Å²) in [6.45, 7) is 1.81. The van der Waals surface area contributed by atoms with Gasteiger partial charge in [-0.05, 0) is 73.6 Å². The molecule has 7 heteroatoms. The van der Waals surface area contributed by atoms with E-state index in [9.17, 15) is 16.8 Å². The summed E-state index contributed by atoms with van der Waals surface area (Å²) in [4.78, 5) is 0.147. The summed E-state index contributed by atoms with van der Waals surface area (Å²) in [6.07, 6.45) is 5.59. The van der Waals surface area contributed by atoms with Crippen molar-refractivity contribution in [1.82, 2.24) is 4.72 Å². The first kappa shape index (κ1) is 19.1. The number of aryl methyl sites for hydroxylation is 2. The van der Waals surface area contributed by atoms with Gasteiger partial charge in [0, 0.05) is 12.3 Å². The van der Waals surface area contributed by atoms with E-state index in [1.165, 1.54) is 48.2 Å². The Kier molecular flexibility index (Phi) is 5.23. The molecule has 0 bridgehead atoms. The highest BCUT2D eigenvalue weighted by Gasteiger charge is 2.20. The molecule has 140 valence electrons. The largest absolute Gasteiger partial charge is 0.241 e. The molecule has 0 heterocycles. The zero-order valence-corrected chi connectivity index (χ0v) is 16.5. The lowest BCUT2D eigenvalue weighted by atomic mass is 9.89. The molecule has 0 fully saturated rings. The second kappa shape index (κ2) is 7.13. The van der Waals surface area contributed by atoms with Gasteiger partial charge in [-0.2, -0.15) is 0 Å². The van der Waals surface area contributed by atoms with Crippen LogP contribution in [-0.2, 0) is 32.7 Å². The third-order valence-corrected chi connectivity index (χ3v) is 7.45. The Hall–Kier alpha value is -1.70. The molecule has 1 aliphatic rings. The molecule has 3 rings (SSSR count). The number of sulfone groups is 1. The van der Waals surface area contributed by atoms with Crippen molar-refractivity contribution < 1.29 is 16.8 Å². The second-order valence-corrected chi connectivity index (χ2v) is 10.6. The fourth-order valence-corrected chi connectivity index (χ4v) is 5.12. The van der Waals surface area contributed by atoms with Crippen molar-refractivity contribution in [3.05, 3.63) is 59.2 Å². The maximum Gasteiger partial charge on any atom is 0.241 e. The van der Waals surface area contributed by atoms with Gasteiger partial charge in [-0.25, -0.2) is 21.6 Å². The maximum atomic E-state index is 12.6. The number of fused-ring (bicyclic) bond motifs is 1. The van der Waals surface area contributed by atoms with Gasteiger partial charge in [-0.1, -0.05) is 18.2 Å². The van der Waals surface area contributed by atoms with Crippen LogP contribution in [0.3, 0.4) is 0 Å². The van der Waals surface area contributed by atoms with Gasteiger partial charge in [0.2, 0.25) is 10.0 Å². The van der Waals surface area contributed by atoms with E-state index in [1.54, 1.807) is 0 Å². The van der Waals surface area contributed by atoms with Crippen LogP contribution >= 0.6 is 0 Å². The van der Waals surface area contributed by atoms with Gasteiger partial charge in [0.05, 0.1) is 9.79 Å². The summed E-state index contributed by atoms with van der Waals surface area (Å²) in [5, 5.41) is 0. The highest BCUT2D eigenvalue weighted by atomic mass is 32.2. The predicted octanol–water partition coefficient (Wildman–Crippen LogP) is 3.01. The molecule has 0 amide bonds. The van der Waals surface area contributed by atoms with Crippen LogP contribution < -0.4 is 4.72 Å². The molecule has 1 unspecified atom stereocenters. The molecule has 2 aromatic rings. The van der Waals surface area contributed by atoms with Gasteiger partial charge in [-0.3, -0.25) is 0 Å². The lowest BCUT2D eigenvalue weighted by molar-refractivity contribution is 0.566. The first-order chi connectivity index (χ1) is 12.2. The smallest absolute Gasteiger partial charge is 0.224 e. The number of rotatable bonds is 5. The highest BCUT2D eigenvalue weighted by molar-refractivity contribution is 7.90. The number of nitrogens with one attached hydrogen (secondary N) is 1. The summed E-state index contributed by atoms with van der Waals surface area (Å²) >= 11 is 0. The zero-order valence-electron chi connectivity index (χ0n) is 14.9. The van der Waals surface area contributed by atoms with E-state index in [1.807, 2.05) is 13.0 Å². The summed E-state index contributed by atoms with van der Waals surface area (Å²) in [7, 11) is -7.09. The predicted molar refractivity (Wildman–Crippen MR) is 101 cm³/mol. The summed E-state index contributed by atoms with van der Waals surface area (Å²) in [5.74, 6) is 0. The lowest BCUT2D eigenvalue weighted by Gasteiger charge is -2.20. The van der Waals surface area contributed by atoms with Gasteiger partial charge in [-0.15, -0.1) is 0 Å². The van der Waals surface area contributed by atoms with E-state index in [0.717, 1.165) is 24.7 Å². The molecular formula is C19H23NO4S2. The second-order valence-electron chi connectivity index (χ2n) is 6.82. The normalized spacial score (nSPS) is 16.1. The van der Waals surface area contributed by atoms with Crippen LogP contribution in [0.5, 0.6) is 0 Å². The van der Waals surface area contributed by atoms with Crippen LogP contribution in [0.2, 0.25) is 0 Å². The Morgan fingerprint density at radius 1 is 0.846 bits per heavy atom. The van der Waals surface area contributed by atoms with Crippen molar-refractivity contribution in [1.29, 1.82) is 0 Å². The molecule has 0 spiro atoms. The number of benzene rings is 2. The van der Waals surface area contributed by atoms with Crippen LogP contribution in [0.1, 0.15) is 42.5 Å². The third-order valence-electron chi connectivity index (χ3n) is 4.77. The number of hydrogen-bond donors (Lipinski definition) is 1. The van der Waals surface area contributed by atoms with Crippen LogP contribution in [0, 0.1) is 0 Å². The average Bonchev–Trinajstić information content (AvgIpc) is 2.60. The van der Waals surface area contributed by atoms with Crippen LogP contribution in [0.4, 0.5) is 0 Å². The molecule has 1 N–H and O–H groups in total. The SMILES string of the molecule is CC(NS(=O)(=O)c1ccc(S(C)(=O)=O)cc1)c1ccc2c(c1)CCCC2. The Morgan fingerprint density at radius 3 is 2.04 bits per heavy atom. The van der Waals surface area contributed by atoms with Gasteiger partial charge < -0.3 is 0 Å². The van der Waals surface area contributed by atoms with Crippen molar-refractivity contribution in [3.63, 3.8) is 0 Å². The fourth-order valence-electron chi connectivity index (χ4n) is 3.26. The molecule has 5 nitrogen and oxygen atoms in total. The molecular weight excluding hydrogens is 370 g/mol. The minimum atomic E-state index is -3.74. The van der Waals surface area contributed by atoms with E-state index in [4.69, 9.17) is 0 Å². The monoisotopic (exact) mass is 393 g/mol. The minimum Gasteiger partial charge on any atom is -0.224 e. The van der Waals surface area contributed by atoms with Crippen molar-refractivity contribution in [2.24, 2.45) is 0 Å². The number of hydrogen-bond acceptors (Lipinski definition) is 4. The van der Waals surface area contributed by atoms with Crippen LogP contribution in [-0.4, -0.2) is 23.1 Å². The van der Waals surface area contributed by atoms with Crippen LogP contribution in [0.15, 0.2) is 52.3 Å². The van der Waals surface area contributed by atoms with Gasteiger partial charge >= 0.3 is 0 Å². The first-order valence-corrected chi connectivity index (χ1v) is 12.0. The molecule has 1 aliphatic carbocycles. The third kappa shape index (κ3) is 4.16. The van der Waals surface area contributed by atoms with E-state index in [-0.39, 0.29) is 15.8 Å². The standard InChI is InChI=1S/C19H23NO4S2/c1-14(16-8-7-15-5-3-4-6-17(15)13-16)20-26(23,24)19-11-9-18(10-12-19)25(2,21)22/h7-14,20H,3-6H2,1-2H3. The lowest BCUT2D eigenvalue weighted by Crippen LogP contribution is -2.27. The summed E-state index contributed by atoms with van der Waals surface area (Å²) < 4.78 is 50.9. The van der Waals surface area contributed by atoms with E-state index in [2.05, 4.69) is 16.9 Å². The maximum absolute atomic E-state index is 12.6. The van der Waals surface area contributed by atoms with Gasteiger partial charge in [0.25, 0.3) is 0 Å². The van der Waals surface area contributed by atoms with Gasteiger partial charge in [0.15, 0.2) is 9.84 Å². The zero-order chi connectivity index (χ0) is 18.9. The summed E-state index contributed by atoms with van der Waals surface area (Å²) in [6, 6.07) is 11.0. The van der Waals surface area contributed by atoms with Gasteiger partial charge in [0.1, 0.15) is 0 Å². The Labute approximate surface area is 155 Å². The fraction of sp³-hybridized carbons (Fsp3) is 0.368. The molecule has 1 atom stereocenters. The van der Waals surface area contributed by atoms with Crippen LogP contribution in [0.25, 0.3) is 0 Å². The van der Waals surface area contributed by atoms with E-state index in [0.29, 0.717) is 0 Å². The minimum absolute atomic E-state index is 0.0507. The molecule has 26 heavy (non-hydrogen) atoms. The van der Waals surface area contributed by atoms with Crippen molar-refractivity contribution >= 4 is 19.9 Å².